The van der Waals surface area contributed by atoms with Crippen LogP contribution in [0.5, 0.6) is 0 Å². The van der Waals surface area contributed by atoms with Gasteiger partial charge in [0.15, 0.2) is 0 Å². The van der Waals surface area contributed by atoms with Crippen molar-refractivity contribution in [1.29, 1.82) is 0 Å². The van der Waals surface area contributed by atoms with E-state index in [0.717, 1.165) is 18.2 Å². The van der Waals surface area contributed by atoms with Crippen molar-refractivity contribution in [2.24, 2.45) is 0 Å². The fourth-order valence-electron chi connectivity index (χ4n) is 1.73. The van der Waals surface area contributed by atoms with Crippen molar-refractivity contribution in [2.45, 2.75) is 11.8 Å². The van der Waals surface area contributed by atoms with Gasteiger partial charge >= 0.3 is 5.97 Å². The minimum absolute atomic E-state index is 0.0409. The zero-order valence-corrected chi connectivity index (χ0v) is 13.0. The van der Waals surface area contributed by atoms with Crippen molar-refractivity contribution in [2.75, 3.05) is 4.72 Å². The topological polar surface area (TPSA) is 99.3 Å². The molecule has 0 aliphatic rings. The highest BCUT2D eigenvalue weighted by Crippen LogP contribution is 2.26. The first-order valence-corrected chi connectivity index (χ1v) is 7.89. The molecule has 0 atom stereocenters. The Kier molecular flexibility index (Phi) is 4.06. The summed E-state index contributed by atoms with van der Waals surface area (Å²) in [5.74, 6) is -1.89. The molecule has 0 radical (unpaired) electrons. The first-order chi connectivity index (χ1) is 9.70. The van der Waals surface area contributed by atoms with Gasteiger partial charge in [-0.1, -0.05) is 0 Å². The van der Waals surface area contributed by atoms with E-state index >= 15 is 0 Å². The molecular weight excluding hydrogens is 367 g/mol. The van der Waals surface area contributed by atoms with Gasteiger partial charge in [-0.15, -0.1) is 0 Å². The van der Waals surface area contributed by atoms with Crippen LogP contribution in [-0.2, 0) is 10.0 Å². The van der Waals surface area contributed by atoms with Gasteiger partial charge in [-0.3, -0.25) is 4.72 Å². The van der Waals surface area contributed by atoms with Crippen LogP contribution < -0.4 is 4.72 Å². The number of H-pyrrole nitrogens is 1. The molecule has 0 amide bonds. The molecule has 112 valence electrons. The molecule has 0 unspecified atom stereocenters. The average Bonchev–Trinajstić information content (AvgIpc) is 2.68. The number of benzene rings is 1. The standard InChI is InChI=1S/C12H10BrFN2O4S/c1-6-4-9(11(15-6)12(17)18)16-21(19,20)10-3-2-7(14)5-8(10)13/h2-5,15-16H,1H3,(H,17,18). The molecule has 1 heterocycles. The predicted molar refractivity (Wildman–Crippen MR) is 77.4 cm³/mol. The van der Waals surface area contributed by atoms with Crippen LogP contribution in [0.15, 0.2) is 33.6 Å². The van der Waals surface area contributed by atoms with Crippen molar-refractivity contribution < 1.29 is 22.7 Å². The summed E-state index contributed by atoms with van der Waals surface area (Å²) in [7, 11) is -4.05. The minimum atomic E-state index is -4.05. The fourth-order valence-corrected chi connectivity index (χ4v) is 3.84. The van der Waals surface area contributed by atoms with E-state index in [0.29, 0.717) is 5.69 Å². The van der Waals surface area contributed by atoms with Gasteiger partial charge in [0.25, 0.3) is 10.0 Å². The first kappa shape index (κ1) is 15.5. The van der Waals surface area contributed by atoms with E-state index in [1.807, 2.05) is 0 Å². The number of sulfonamides is 1. The maximum absolute atomic E-state index is 13.0. The van der Waals surface area contributed by atoms with Crippen molar-refractivity contribution >= 4 is 37.6 Å². The third kappa shape index (κ3) is 3.24. The number of anilines is 1. The molecule has 1 aromatic heterocycles. The summed E-state index contributed by atoms with van der Waals surface area (Å²) in [5, 5.41) is 9.01. The number of aromatic carboxylic acids is 1. The molecule has 0 bridgehead atoms. The summed E-state index contributed by atoms with van der Waals surface area (Å²) < 4.78 is 39.7. The Morgan fingerprint density at radius 2 is 2.05 bits per heavy atom. The average molecular weight is 377 g/mol. The number of carbonyl (C=O) groups is 1. The molecule has 0 aliphatic heterocycles. The molecule has 2 rings (SSSR count). The molecule has 9 heteroatoms. The summed E-state index contributed by atoms with van der Waals surface area (Å²) >= 11 is 2.97. The smallest absolute Gasteiger partial charge is 0.354 e. The molecule has 21 heavy (non-hydrogen) atoms. The molecule has 0 saturated heterocycles. The van der Waals surface area contributed by atoms with Crippen LogP contribution in [0.3, 0.4) is 0 Å². The Hall–Kier alpha value is -1.87. The second kappa shape index (κ2) is 5.49. The highest BCUT2D eigenvalue weighted by atomic mass is 79.9. The molecule has 2 aromatic rings. The third-order valence-corrected chi connectivity index (χ3v) is 4.94. The van der Waals surface area contributed by atoms with Crippen LogP contribution in [0.1, 0.15) is 16.2 Å². The van der Waals surface area contributed by atoms with Crippen LogP contribution in [-0.4, -0.2) is 24.5 Å². The Labute approximate surface area is 128 Å². The van der Waals surface area contributed by atoms with Crippen LogP contribution >= 0.6 is 15.9 Å². The molecular formula is C12H10BrFN2O4S. The van der Waals surface area contributed by atoms with Crippen LogP contribution in [0.4, 0.5) is 10.1 Å². The van der Waals surface area contributed by atoms with Crippen molar-refractivity contribution in [1.82, 2.24) is 4.98 Å². The zero-order chi connectivity index (χ0) is 15.8. The van der Waals surface area contributed by atoms with Crippen molar-refractivity contribution in [3.63, 3.8) is 0 Å². The monoisotopic (exact) mass is 376 g/mol. The second-order valence-electron chi connectivity index (χ2n) is 4.23. The normalized spacial score (nSPS) is 11.4. The summed E-state index contributed by atoms with van der Waals surface area (Å²) in [6, 6.07) is 4.45. The number of carboxylic acid groups (broad SMARTS) is 1. The van der Waals surface area contributed by atoms with E-state index < -0.39 is 21.8 Å². The van der Waals surface area contributed by atoms with Gasteiger partial charge in [0, 0.05) is 10.2 Å². The maximum atomic E-state index is 13.0. The number of hydrogen-bond donors (Lipinski definition) is 3. The van der Waals surface area contributed by atoms with Crippen LogP contribution in [0.2, 0.25) is 0 Å². The summed E-state index contributed by atoms with van der Waals surface area (Å²) in [4.78, 5) is 13.4. The lowest BCUT2D eigenvalue weighted by Crippen LogP contribution is -2.15. The molecule has 0 saturated carbocycles. The number of halogens is 2. The van der Waals surface area contributed by atoms with Crippen LogP contribution in [0.25, 0.3) is 0 Å². The number of nitrogens with one attached hydrogen (secondary N) is 2. The lowest BCUT2D eigenvalue weighted by Gasteiger charge is -2.09. The predicted octanol–water partition coefficient (Wildman–Crippen LogP) is 2.72. The largest absolute Gasteiger partial charge is 0.477 e. The molecule has 0 spiro atoms. The quantitative estimate of drug-likeness (QED) is 0.763. The fraction of sp³-hybridized carbons (Fsp3) is 0.0833. The van der Waals surface area contributed by atoms with Gasteiger partial charge in [-0.25, -0.2) is 17.6 Å². The third-order valence-electron chi connectivity index (χ3n) is 2.59. The van der Waals surface area contributed by atoms with Crippen molar-refractivity contribution in [3.05, 3.63) is 45.9 Å². The number of rotatable bonds is 4. The number of aromatic amines is 1. The Morgan fingerprint density at radius 3 is 2.62 bits per heavy atom. The molecule has 0 fully saturated rings. The number of aryl methyl sites for hydroxylation is 1. The van der Waals surface area contributed by atoms with E-state index in [-0.39, 0.29) is 20.7 Å². The lowest BCUT2D eigenvalue weighted by molar-refractivity contribution is 0.0692. The summed E-state index contributed by atoms with van der Waals surface area (Å²) in [5.41, 5.74) is 0.133. The van der Waals surface area contributed by atoms with Crippen molar-refractivity contribution in [3.8, 4) is 0 Å². The summed E-state index contributed by atoms with van der Waals surface area (Å²) in [6.07, 6.45) is 0. The Bertz CT molecular complexity index is 817. The number of carboxylic acids is 1. The first-order valence-electron chi connectivity index (χ1n) is 5.61. The molecule has 3 N–H and O–H groups in total. The van der Waals surface area contributed by atoms with Gasteiger partial charge in [-0.2, -0.15) is 0 Å². The zero-order valence-electron chi connectivity index (χ0n) is 10.6. The number of aromatic nitrogens is 1. The second-order valence-corrected chi connectivity index (χ2v) is 6.73. The lowest BCUT2D eigenvalue weighted by atomic mass is 10.3. The van der Waals surface area contributed by atoms with E-state index in [4.69, 9.17) is 5.11 Å². The highest BCUT2D eigenvalue weighted by Gasteiger charge is 2.22. The van der Waals surface area contributed by atoms with Gasteiger partial charge < -0.3 is 10.1 Å². The Balaban J connectivity index is 2.45. The van der Waals surface area contributed by atoms with Crippen LogP contribution in [0, 0.1) is 12.7 Å². The molecule has 6 nitrogen and oxygen atoms in total. The SMILES string of the molecule is Cc1cc(NS(=O)(=O)c2ccc(F)cc2Br)c(C(=O)O)[nH]1. The van der Waals surface area contributed by atoms with E-state index in [1.54, 1.807) is 6.92 Å². The maximum Gasteiger partial charge on any atom is 0.354 e. The van der Waals surface area contributed by atoms with Gasteiger partial charge in [0.2, 0.25) is 0 Å². The van der Waals surface area contributed by atoms with Gasteiger partial charge in [0.1, 0.15) is 16.4 Å². The molecule has 0 aliphatic carbocycles. The van der Waals surface area contributed by atoms with E-state index in [1.165, 1.54) is 6.07 Å². The van der Waals surface area contributed by atoms with Gasteiger partial charge in [0.05, 0.1) is 5.69 Å². The highest BCUT2D eigenvalue weighted by molar-refractivity contribution is 9.10. The van der Waals surface area contributed by atoms with Gasteiger partial charge in [-0.05, 0) is 47.1 Å². The Morgan fingerprint density at radius 1 is 1.38 bits per heavy atom. The minimum Gasteiger partial charge on any atom is -0.477 e. The summed E-state index contributed by atoms with van der Waals surface area (Å²) in [6.45, 7) is 1.60. The van der Waals surface area contributed by atoms with E-state index in [9.17, 15) is 17.6 Å². The van der Waals surface area contributed by atoms with E-state index in [2.05, 4.69) is 25.6 Å². The molecule has 1 aromatic carbocycles. The number of hydrogen-bond acceptors (Lipinski definition) is 3.